The Balaban J connectivity index is 1.52. The van der Waals surface area contributed by atoms with Crippen LogP contribution in [0, 0.1) is 0 Å². The molecule has 0 bridgehead atoms. The Hall–Kier alpha value is -2.79. The maximum Gasteiger partial charge on any atom is 0.340 e. The lowest BCUT2D eigenvalue weighted by atomic mass is 9.77. The Morgan fingerprint density at radius 2 is 1.71 bits per heavy atom. The summed E-state index contributed by atoms with van der Waals surface area (Å²) in [4.78, 5) is 12.9. The van der Waals surface area contributed by atoms with Gasteiger partial charge in [0.05, 0.1) is 5.56 Å². The molecule has 1 unspecified atom stereocenters. The van der Waals surface area contributed by atoms with Crippen molar-refractivity contribution < 1.29 is 14.3 Å². The molecule has 1 spiro atoms. The van der Waals surface area contributed by atoms with Gasteiger partial charge in [-0.15, -0.1) is 0 Å². The number of halogens is 1. The van der Waals surface area contributed by atoms with Crippen LogP contribution >= 0.6 is 15.9 Å². The van der Waals surface area contributed by atoms with Crippen molar-refractivity contribution in [2.24, 2.45) is 0 Å². The van der Waals surface area contributed by atoms with Gasteiger partial charge in [0.2, 0.25) is 0 Å². The number of nitrogens with one attached hydrogen (secondary N) is 1. The third kappa shape index (κ3) is 2.90. The van der Waals surface area contributed by atoms with E-state index in [-0.39, 0.29) is 5.97 Å². The van der Waals surface area contributed by atoms with E-state index in [0.717, 1.165) is 32.6 Å². The highest BCUT2D eigenvalue weighted by atomic mass is 79.9. The highest BCUT2D eigenvalue weighted by Crippen LogP contribution is 2.56. The van der Waals surface area contributed by atoms with Crippen LogP contribution in [0.4, 0.5) is 5.69 Å². The zero-order chi connectivity index (χ0) is 21.0. The maximum atomic E-state index is 12.9. The van der Waals surface area contributed by atoms with Crippen molar-refractivity contribution in [3.63, 3.8) is 0 Å². The van der Waals surface area contributed by atoms with Crippen LogP contribution in [0.1, 0.15) is 59.2 Å². The highest BCUT2D eigenvalue weighted by Gasteiger charge is 2.53. The lowest BCUT2D eigenvalue weighted by Gasteiger charge is -2.37. The van der Waals surface area contributed by atoms with Crippen molar-refractivity contribution in [1.29, 1.82) is 0 Å². The van der Waals surface area contributed by atoms with Crippen LogP contribution in [-0.4, -0.2) is 12.0 Å². The predicted octanol–water partition coefficient (Wildman–Crippen LogP) is 6.76. The fourth-order valence-electron chi connectivity index (χ4n) is 5.22. The molecule has 1 atom stereocenters. The van der Waals surface area contributed by atoms with E-state index in [1.807, 2.05) is 54.6 Å². The van der Waals surface area contributed by atoms with Crippen LogP contribution in [0.3, 0.4) is 0 Å². The van der Waals surface area contributed by atoms with Gasteiger partial charge in [-0.3, -0.25) is 0 Å². The Morgan fingerprint density at radius 1 is 0.871 bits per heavy atom. The number of anilines is 1. The number of hydrogen-bond acceptors (Lipinski definition) is 4. The molecule has 156 valence electrons. The third-order valence-corrected chi connectivity index (χ3v) is 7.14. The van der Waals surface area contributed by atoms with Gasteiger partial charge in [0.25, 0.3) is 0 Å². The summed E-state index contributed by atoms with van der Waals surface area (Å²) in [5.41, 5.74) is 3.18. The third-order valence-electron chi connectivity index (χ3n) is 6.65. The van der Waals surface area contributed by atoms with Gasteiger partial charge in [0.1, 0.15) is 11.5 Å². The minimum absolute atomic E-state index is 0.307. The molecule has 6 rings (SSSR count). The Kier molecular flexibility index (Phi) is 4.35. The van der Waals surface area contributed by atoms with Gasteiger partial charge >= 0.3 is 5.97 Å². The zero-order valence-electron chi connectivity index (χ0n) is 17.0. The molecule has 1 aliphatic carbocycles. The first-order chi connectivity index (χ1) is 15.1. The first-order valence-electron chi connectivity index (χ1n) is 10.9. The number of benzene rings is 3. The van der Waals surface area contributed by atoms with Gasteiger partial charge in [-0.1, -0.05) is 53.4 Å². The monoisotopic (exact) mass is 475 g/mol. The molecule has 2 aliphatic heterocycles. The molecular formula is C26H22BrNO3. The largest absolute Gasteiger partial charge is 0.456 e. The molecule has 4 nitrogen and oxygen atoms in total. The van der Waals surface area contributed by atoms with E-state index in [1.165, 1.54) is 32.1 Å². The molecule has 1 N–H and O–H groups in total. The van der Waals surface area contributed by atoms with Gasteiger partial charge in [-0.05, 0) is 49.2 Å². The fraction of sp³-hybridized carbons (Fsp3) is 0.269. The lowest BCUT2D eigenvalue weighted by molar-refractivity contribution is 0.0224. The first-order valence-corrected chi connectivity index (χ1v) is 11.7. The lowest BCUT2D eigenvalue weighted by Crippen LogP contribution is -2.33. The van der Waals surface area contributed by atoms with Gasteiger partial charge in [-0.25, -0.2) is 4.79 Å². The second kappa shape index (κ2) is 7.13. The van der Waals surface area contributed by atoms with Gasteiger partial charge in [0, 0.05) is 39.0 Å². The summed E-state index contributed by atoms with van der Waals surface area (Å²) in [5.74, 6) is 1.12. The zero-order valence-corrected chi connectivity index (χ0v) is 18.6. The molecule has 2 heterocycles. The van der Waals surface area contributed by atoms with Crippen molar-refractivity contribution in [1.82, 2.24) is 0 Å². The number of ether oxygens (including phenoxy) is 2. The number of hydrogen-bond donors (Lipinski definition) is 1. The predicted molar refractivity (Wildman–Crippen MR) is 123 cm³/mol. The SMILES string of the molecule is O=C1OC2(c3ccc(NC4CCCCC4)cc3Oc3ccc(Br)cc32)c2ccccc21. The average molecular weight is 476 g/mol. The van der Waals surface area contributed by atoms with Crippen LogP contribution in [0.25, 0.3) is 0 Å². The molecule has 3 aliphatic rings. The molecule has 1 saturated carbocycles. The van der Waals surface area contributed by atoms with Crippen LogP contribution in [0.15, 0.2) is 65.1 Å². The van der Waals surface area contributed by atoms with Crippen molar-refractivity contribution in [2.75, 3.05) is 5.32 Å². The number of esters is 1. The second-order valence-corrected chi connectivity index (χ2v) is 9.46. The minimum Gasteiger partial charge on any atom is -0.456 e. The fourth-order valence-corrected chi connectivity index (χ4v) is 5.58. The van der Waals surface area contributed by atoms with Crippen LogP contribution in [0.2, 0.25) is 0 Å². The molecule has 3 aromatic carbocycles. The van der Waals surface area contributed by atoms with Gasteiger partial charge in [0.15, 0.2) is 5.60 Å². The Morgan fingerprint density at radius 3 is 2.58 bits per heavy atom. The van der Waals surface area contributed by atoms with Crippen molar-refractivity contribution in [3.8, 4) is 11.5 Å². The normalized spacial score (nSPS) is 21.6. The molecule has 0 radical (unpaired) electrons. The summed E-state index contributed by atoms with van der Waals surface area (Å²) in [6.07, 6.45) is 6.27. The molecule has 0 saturated heterocycles. The van der Waals surface area contributed by atoms with Crippen molar-refractivity contribution in [2.45, 2.75) is 43.7 Å². The molecule has 3 aromatic rings. The standard InChI is InChI=1S/C26H22BrNO3/c27-16-10-13-23-22(14-16)26(20-9-5-4-8-19(20)25(29)31-26)21-12-11-18(15-24(21)30-23)28-17-6-2-1-3-7-17/h4-5,8-15,17,28H,1-3,6-7H2. The van der Waals surface area contributed by atoms with Crippen LogP contribution in [0.5, 0.6) is 11.5 Å². The second-order valence-electron chi connectivity index (χ2n) is 8.55. The summed E-state index contributed by atoms with van der Waals surface area (Å²) < 4.78 is 13.5. The quantitative estimate of drug-likeness (QED) is 0.415. The van der Waals surface area contributed by atoms with Gasteiger partial charge in [-0.2, -0.15) is 0 Å². The number of carbonyl (C=O) groups is 1. The van der Waals surface area contributed by atoms with Gasteiger partial charge < -0.3 is 14.8 Å². The van der Waals surface area contributed by atoms with Crippen molar-refractivity contribution in [3.05, 3.63) is 87.4 Å². The topological polar surface area (TPSA) is 47.6 Å². The molecule has 0 amide bonds. The first kappa shape index (κ1) is 18.9. The smallest absolute Gasteiger partial charge is 0.340 e. The van der Waals surface area contributed by atoms with Crippen LogP contribution in [-0.2, 0) is 10.3 Å². The maximum absolute atomic E-state index is 12.9. The van der Waals surface area contributed by atoms with E-state index >= 15 is 0 Å². The van der Waals surface area contributed by atoms with E-state index < -0.39 is 5.60 Å². The van der Waals surface area contributed by atoms with Crippen molar-refractivity contribution >= 4 is 27.6 Å². The van der Waals surface area contributed by atoms with Crippen LogP contribution < -0.4 is 10.1 Å². The Labute approximate surface area is 189 Å². The molecule has 0 aromatic heterocycles. The molecule has 31 heavy (non-hydrogen) atoms. The van der Waals surface area contributed by atoms with E-state index in [4.69, 9.17) is 9.47 Å². The van der Waals surface area contributed by atoms with E-state index in [1.54, 1.807) is 0 Å². The summed E-state index contributed by atoms with van der Waals surface area (Å²) in [7, 11) is 0. The molecule has 1 fully saturated rings. The molecular weight excluding hydrogens is 454 g/mol. The number of fused-ring (bicyclic) bond motifs is 6. The summed E-state index contributed by atoms with van der Waals surface area (Å²) in [6, 6.07) is 20.2. The highest BCUT2D eigenvalue weighted by molar-refractivity contribution is 9.10. The van der Waals surface area contributed by atoms with E-state index in [9.17, 15) is 4.79 Å². The van der Waals surface area contributed by atoms with E-state index in [2.05, 4.69) is 27.3 Å². The van der Waals surface area contributed by atoms with E-state index in [0.29, 0.717) is 17.4 Å². The minimum atomic E-state index is -1.01. The summed E-state index contributed by atoms with van der Waals surface area (Å²) in [5, 5.41) is 3.68. The number of carbonyl (C=O) groups excluding carboxylic acids is 1. The summed E-state index contributed by atoms with van der Waals surface area (Å²) >= 11 is 3.58. The summed E-state index contributed by atoms with van der Waals surface area (Å²) in [6.45, 7) is 0. The average Bonchev–Trinajstić information content (AvgIpc) is 3.08. The number of rotatable bonds is 2. The Bertz CT molecular complexity index is 1200. The molecule has 5 heteroatoms.